The van der Waals surface area contributed by atoms with Crippen LogP contribution in [-0.4, -0.2) is 56.0 Å². The summed E-state index contributed by atoms with van der Waals surface area (Å²) in [6, 6.07) is 0. The predicted octanol–water partition coefficient (Wildman–Crippen LogP) is 0.489. The fraction of sp³-hybridized carbons (Fsp3) is 0.917. The van der Waals surface area contributed by atoms with Crippen molar-refractivity contribution in [2.24, 2.45) is 16.8 Å². The number of rotatable bonds is 5. The van der Waals surface area contributed by atoms with E-state index in [1.165, 1.54) is 25.9 Å². The van der Waals surface area contributed by atoms with E-state index in [2.05, 4.69) is 41.2 Å². The lowest BCUT2D eigenvalue weighted by Crippen LogP contribution is -2.45. The number of hydrazine groups is 1. The molecule has 1 unspecified atom stereocenters. The summed E-state index contributed by atoms with van der Waals surface area (Å²) in [7, 11) is 4.24. The first-order chi connectivity index (χ1) is 8.17. The second-order valence-corrected chi connectivity index (χ2v) is 5.00. The molecule has 0 aromatic heterocycles. The number of nitrogens with one attached hydrogen (secondary N) is 1. The number of hydrogen-bond donors (Lipinski definition) is 2. The third kappa shape index (κ3) is 4.91. The second kappa shape index (κ2) is 7.50. The fourth-order valence-electron chi connectivity index (χ4n) is 2.27. The topological polar surface area (TPSA) is 56.9 Å². The van der Waals surface area contributed by atoms with Gasteiger partial charge in [0, 0.05) is 26.7 Å². The second-order valence-electron chi connectivity index (χ2n) is 5.00. The molecule has 5 nitrogen and oxygen atoms in total. The third-order valence-corrected chi connectivity index (χ3v) is 3.28. The van der Waals surface area contributed by atoms with Crippen LogP contribution in [0.3, 0.4) is 0 Å². The van der Waals surface area contributed by atoms with Gasteiger partial charge in [-0.05, 0) is 32.4 Å². The lowest BCUT2D eigenvalue weighted by molar-refractivity contribution is 0.350. The van der Waals surface area contributed by atoms with Gasteiger partial charge in [0.15, 0.2) is 0 Å². The highest BCUT2D eigenvalue weighted by Crippen LogP contribution is 2.14. The Hall–Kier alpha value is -0.810. The molecule has 1 atom stereocenters. The molecular formula is C12H27N5. The highest BCUT2D eigenvalue weighted by Gasteiger charge is 2.21. The Labute approximate surface area is 105 Å². The molecule has 0 bridgehead atoms. The molecule has 17 heavy (non-hydrogen) atoms. The van der Waals surface area contributed by atoms with Crippen LogP contribution in [0, 0.1) is 5.92 Å². The summed E-state index contributed by atoms with van der Waals surface area (Å²) >= 11 is 0. The summed E-state index contributed by atoms with van der Waals surface area (Å²) in [6.07, 6.45) is 3.55. The number of guanidine groups is 1. The molecule has 3 N–H and O–H groups in total. The number of nitrogens with two attached hydrogens (primary N) is 1. The van der Waals surface area contributed by atoms with Crippen LogP contribution in [-0.2, 0) is 0 Å². The van der Waals surface area contributed by atoms with E-state index in [9.17, 15) is 0 Å². The summed E-state index contributed by atoms with van der Waals surface area (Å²) < 4.78 is 0. The smallest absolute Gasteiger partial charge is 0.208 e. The Bertz CT molecular complexity index is 241. The molecule has 1 fully saturated rings. The van der Waals surface area contributed by atoms with Crippen LogP contribution in [0.25, 0.3) is 0 Å². The van der Waals surface area contributed by atoms with Crippen LogP contribution in [0.2, 0.25) is 0 Å². The van der Waals surface area contributed by atoms with Crippen LogP contribution in [0.5, 0.6) is 0 Å². The van der Waals surface area contributed by atoms with E-state index in [1.54, 1.807) is 0 Å². The van der Waals surface area contributed by atoms with Crippen molar-refractivity contribution in [2.75, 3.05) is 40.3 Å². The maximum absolute atomic E-state index is 5.52. The number of unbranched alkanes of at least 4 members (excludes halogenated alkanes) is 1. The van der Waals surface area contributed by atoms with E-state index < -0.39 is 0 Å². The van der Waals surface area contributed by atoms with Crippen LogP contribution < -0.4 is 11.3 Å². The highest BCUT2D eigenvalue weighted by molar-refractivity contribution is 5.79. The van der Waals surface area contributed by atoms with Gasteiger partial charge in [0.05, 0.1) is 0 Å². The van der Waals surface area contributed by atoms with Gasteiger partial charge in [-0.1, -0.05) is 13.3 Å². The van der Waals surface area contributed by atoms with E-state index in [0.717, 1.165) is 31.4 Å². The molecule has 0 aliphatic carbocycles. The molecule has 1 aliphatic heterocycles. The van der Waals surface area contributed by atoms with E-state index in [-0.39, 0.29) is 0 Å². The van der Waals surface area contributed by atoms with Gasteiger partial charge in [-0.2, -0.15) is 0 Å². The monoisotopic (exact) mass is 241 g/mol. The first kappa shape index (κ1) is 14.3. The van der Waals surface area contributed by atoms with E-state index in [0.29, 0.717) is 0 Å². The van der Waals surface area contributed by atoms with Gasteiger partial charge in [-0.3, -0.25) is 10.4 Å². The average Bonchev–Trinajstić information content (AvgIpc) is 2.70. The zero-order valence-electron chi connectivity index (χ0n) is 11.4. The van der Waals surface area contributed by atoms with E-state index in [4.69, 9.17) is 5.84 Å². The molecule has 1 aliphatic rings. The number of aliphatic imine (C=N–C) groups is 1. The summed E-state index contributed by atoms with van der Waals surface area (Å²) in [5.74, 6) is 7.07. The number of hydrogen-bond acceptors (Lipinski definition) is 3. The minimum atomic E-state index is 0.731. The Morgan fingerprint density at radius 2 is 2.35 bits per heavy atom. The Morgan fingerprint density at radius 3 is 2.88 bits per heavy atom. The molecule has 0 saturated carbocycles. The van der Waals surface area contributed by atoms with E-state index in [1.807, 2.05) is 0 Å². The van der Waals surface area contributed by atoms with Crippen molar-refractivity contribution in [1.82, 2.24) is 15.2 Å². The third-order valence-electron chi connectivity index (χ3n) is 3.28. The van der Waals surface area contributed by atoms with Crippen LogP contribution >= 0.6 is 0 Å². The molecule has 0 aromatic rings. The van der Waals surface area contributed by atoms with Crippen molar-refractivity contribution >= 4 is 5.96 Å². The summed E-state index contributed by atoms with van der Waals surface area (Å²) in [5.41, 5.74) is 2.71. The fourth-order valence-corrected chi connectivity index (χ4v) is 2.27. The van der Waals surface area contributed by atoms with Gasteiger partial charge in [-0.25, -0.2) is 5.84 Å². The van der Waals surface area contributed by atoms with Crippen molar-refractivity contribution in [2.45, 2.75) is 26.2 Å². The first-order valence-corrected chi connectivity index (χ1v) is 6.58. The number of likely N-dealkylation sites (tertiary alicyclic amines) is 1. The van der Waals surface area contributed by atoms with Crippen LogP contribution in [0.4, 0.5) is 0 Å². The maximum atomic E-state index is 5.52. The number of nitrogens with zero attached hydrogens (tertiary/aromatic N) is 3. The minimum absolute atomic E-state index is 0.731. The molecular weight excluding hydrogens is 214 g/mol. The normalized spacial score (nSPS) is 21.9. The predicted molar refractivity (Wildman–Crippen MR) is 72.8 cm³/mol. The van der Waals surface area contributed by atoms with Gasteiger partial charge in [0.1, 0.15) is 0 Å². The molecule has 1 rings (SSSR count). The molecule has 0 aromatic carbocycles. The average molecular weight is 241 g/mol. The van der Waals surface area contributed by atoms with Crippen molar-refractivity contribution < 1.29 is 0 Å². The summed E-state index contributed by atoms with van der Waals surface area (Å²) in [6.45, 7) is 6.43. The summed E-state index contributed by atoms with van der Waals surface area (Å²) in [5, 5.41) is 0. The lowest BCUT2D eigenvalue weighted by atomic mass is 10.1. The largest absolute Gasteiger partial charge is 0.345 e. The Morgan fingerprint density at radius 1 is 1.59 bits per heavy atom. The highest BCUT2D eigenvalue weighted by atomic mass is 15.4. The van der Waals surface area contributed by atoms with Crippen LogP contribution in [0.15, 0.2) is 4.99 Å². The van der Waals surface area contributed by atoms with Gasteiger partial charge >= 0.3 is 0 Å². The van der Waals surface area contributed by atoms with Gasteiger partial charge in [0.2, 0.25) is 5.96 Å². The first-order valence-electron chi connectivity index (χ1n) is 6.58. The molecule has 100 valence electrons. The molecule has 0 amide bonds. The van der Waals surface area contributed by atoms with Crippen molar-refractivity contribution in [3.8, 4) is 0 Å². The Kier molecular flexibility index (Phi) is 6.29. The molecule has 5 heteroatoms. The lowest BCUT2D eigenvalue weighted by Gasteiger charge is -2.24. The zero-order chi connectivity index (χ0) is 12.7. The maximum Gasteiger partial charge on any atom is 0.208 e. The SMILES string of the molecule is CCCCN=C(NN)N(C)CC1CCN(C)C1. The summed E-state index contributed by atoms with van der Waals surface area (Å²) in [4.78, 5) is 9.00. The molecule has 1 heterocycles. The van der Waals surface area contributed by atoms with Crippen molar-refractivity contribution in [3.05, 3.63) is 0 Å². The van der Waals surface area contributed by atoms with Crippen LogP contribution in [0.1, 0.15) is 26.2 Å². The molecule has 0 spiro atoms. The quantitative estimate of drug-likeness (QED) is 0.242. The Balaban J connectivity index is 2.37. The van der Waals surface area contributed by atoms with Gasteiger partial charge in [-0.15, -0.1) is 0 Å². The van der Waals surface area contributed by atoms with Crippen molar-refractivity contribution in [3.63, 3.8) is 0 Å². The molecule has 0 radical (unpaired) electrons. The molecule has 1 saturated heterocycles. The zero-order valence-corrected chi connectivity index (χ0v) is 11.4. The van der Waals surface area contributed by atoms with Gasteiger partial charge in [0.25, 0.3) is 0 Å². The van der Waals surface area contributed by atoms with Gasteiger partial charge < -0.3 is 9.80 Å². The minimum Gasteiger partial charge on any atom is -0.345 e. The standard InChI is InChI=1S/C12H27N5/c1-4-5-7-14-12(15-13)17(3)10-11-6-8-16(2)9-11/h11H,4-10,13H2,1-3H3,(H,14,15). The van der Waals surface area contributed by atoms with Crippen molar-refractivity contribution in [1.29, 1.82) is 0 Å². The van der Waals surface area contributed by atoms with E-state index >= 15 is 0 Å².